The van der Waals surface area contributed by atoms with Crippen LogP contribution >= 0.6 is 11.3 Å². The van der Waals surface area contributed by atoms with E-state index in [4.69, 9.17) is 0 Å². The summed E-state index contributed by atoms with van der Waals surface area (Å²) in [5.74, 6) is 2.23. The van der Waals surface area contributed by atoms with Gasteiger partial charge in [-0.15, -0.1) is 11.3 Å². The van der Waals surface area contributed by atoms with Crippen molar-refractivity contribution in [3.8, 4) is 0 Å². The Kier molecular flexibility index (Phi) is 4.58. The number of thiophene rings is 1. The molecule has 1 unspecified atom stereocenters. The first-order valence-corrected chi connectivity index (χ1v) is 7.79. The van der Waals surface area contributed by atoms with Gasteiger partial charge in [-0.1, -0.05) is 20.8 Å². The third kappa shape index (κ3) is 3.15. The summed E-state index contributed by atoms with van der Waals surface area (Å²) < 4.78 is 0. The first-order chi connectivity index (χ1) is 9.15. The summed E-state index contributed by atoms with van der Waals surface area (Å²) in [6.07, 6.45) is 1.09. The lowest BCUT2D eigenvalue weighted by Gasteiger charge is -2.22. The van der Waals surface area contributed by atoms with E-state index in [2.05, 4.69) is 59.7 Å². The molecule has 2 aromatic heterocycles. The summed E-state index contributed by atoms with van der Waals surface area (Å²) in [5.41, 5.74) is 0. The molecule has 2 rings (SSSR count). The van der Waals surface area contributed by atoms with Gasteiger partial charge < -0.3 is 10.6 Å². The van der Waals surface area contributed by atoms with Crippen molar-refractivity contribution in [2.45, 2.75) is 40.2 Å². The lowest BCUT2D eigenvalue weighted by atomic mass is 10.0. The number of rotatable bonds is 6. The number of hydrogen-bond acceptors (Lipinski definition) is 5. The van der Waals surface area contributed by atoms with Crippen LogP contribution in [0, 0.1) is 5.92 Å². The summed E-state index contributed by atoms with van der Waals surface area (Å²) in [5, 5.41) is 9.95. The standard InChI is InChI=1S/C14H22N4S/c1-5-11(9(3)4)16-12-10-7-8-19-13(10)18-14(17-12)15-6-2/h7-9,11H,5-6H2,1-4H3,(H2,15,16,17,18). The van der Waals surface area contributed by atoms with Crippen LogP contribution in [-0.4, -0.2) is 22.6 Å². The van der Waals surface area contributed by atoms with E-state index in [1.54, 1.807) is 11.3 Å². The fourth-order valence-corrected chi connectivity index (χ4v) is 2.88. The van der Waals surface area contributed by atoms with Gasteiger partial charge in [-0.2, -0.15) is 4.98 Å². The minimum Gasteiger partial charge on any atom is -0.366 e. The van der Waals surface area contributed by atoms with E-state index < -0.39 is 0 Å². The molecule has 0 fully saturated rings. The van der Waals surface area contributed by atoms with Crippen LogP contribution in [0.3, 0.4) is 0 Å². The Morgan fingerprint density at radius 1 is 1.26 bits per heavy atom. The van der Waals surface area contributed by atoms with Gasteiger partial charge in [-0.25, -0.2) is 4.98 Å². The molecule has 0 aliphatic carbocycles. The normalized spacial score (nSPS) is 12.9. The SMILES string of the molecule is CCNc1nc(NC(CC)C(C)C)c2ccsc2n1. The molecule has 104 valence electrons. The van der Waals surface area contributed by atoms with E-state index >= 15 is 0 Å². The van der Waals surface area contributed by atoms with Crippen molar-refractivity contribution in [3.05, 3.63) is 11.4 Å². The zero-order valence-electron chi connectivity index (χ0n) is 12.0. The van der Waals surface area contributed by atoms with Gasteiger partial charge in [-0.3, -0.25) is 0 Å². The summed E-state index contributed by atoms with van der Waals surface area (Å²) in [4.78, 5) is 10.2. The highest BCUT2D eigenvalue weighted by Crippen LogP contribution is 2.28. The third-order valence-corrected chi connectivity index (χ3v) is 4.03. The van der Waals surface area contributed by atoms with Crippen molar-refractivity contribution >= 4 is 33.3 Å². The number of aromatic nitrogens is 2. The second-order valence-electron chi connectivity index (χ2n) is 4.97. The molecule has 0 radical (unpaired) electrons. The zero-order chi connectivity index (χ0) is 13.8. The van der Waals surface area contributed by atoms with E-state index in [1.807, 2.05) is 0 Å². The second-order valence-corrected chi connectivity index (χ2v) is 5.86. The van der Waals surface area contributed by atoms with E-state index in [9.17, 15) is 0 Å². The molecule has 19 heavy (non-hydrogen) atoms. The lowest BCUT2D eigenvalue weighted by molar-refractivity contribution is 0.510. The average Bonchev–Trinajstić information content (AvgIpc) is 2.84. The molecule has 0 saturated carbocycles. The van der Waals surface area contributed by atoms with Crippen LogP contribution in [0.2, 0.25) is 0 Å². The molecule has 2 aromatic rings. The maximum absolute atomic E-state index is 4.61. The number of nitrogens with one attached hydrogen (secondary N) is 2. The van der Waals surface area contributed by atoms with E-state index in [1.165, 1.54) is 0 Å². The molecule has 0 aromatic carbocycles. The fraction of sp³-hybridized carbons (Fsp3) is 0.571. The molecule has 2 N–H and O–H groups in total. The molecule has 0 bridgehead atoms. The lowest BCUT2D eigenvalue weighted by Crippen LogP contribution is -2.25. The molecule has 2 heterocycles. The van der Waals surface area contributed by atoms with Gasteiger partial charge in [0.2, 0.25) is 5.95 Å². The Morgan fingerprint density at radius 3 is 2.68 bits per heavy atom. The Bertz CT molecular complexity index is 535. The third-order valence-electron chi connectivity index (χ3n) is 3.23. The van der Waals surface area contributed by atoms with Crippen molar-refractivity contribution < 1.29 is 0 Å². The molecule has 5 heteroatoms. The quantitative estimate of drug-likeness (QED) is 0.839. The van der Waals surface area contributed by atoms with Gasteiger partial charge in [0.15, 0.2) is 0 Å². The maximum atomic E-state index is 4.61. The summed E-state index contributed by atoms with van der Waals surface area (Å²) in [6.45, 7) is 9.56. The molecule has 4 nitrogen and oxygen atoms in total. The molecule has 0 saturated heterocycles. The smallest absolute Gasteiger partial charge is 0.226 e. The van der Waals surface area contributed by atoms with Gasteiger partial charge in [0.25, 0.3) is 0 Å². The molecule has 0 spiro atoms. The Balaban J connectivity index is 2.36. The van der Waals surface area contributed by atoms with E-state index in [0.717, 1.165) is 29.0 Å². The predicted octanol–water partition coefficient (Wildman–Crippen LogP) is 3.97. The first kappa shape index (κ1) is 14.1. The molecule has 0 amide bonds. The second kappa shape index (κ2) is 6.19. The van der Waals surface area contributed by atoms with Crippen molar-refractivity contribution in [3.63, 3.8) is 0 Å². The number of nitrogens with zero attached hydrogens (tertiary/aromatic N) is 2. The van der Waals surface area contributed by atoms with Gasteiger partial charge in [-0.05, 0) is 30.7 Å². The van der Waals surface area contributed by atoms with Crippen LogP contribution in [0.15, 0.2) is 11.4 Å². The number of anilines is 2. The van der Waals surface area contributed by atoms with E-state index in [-0.39, 0.29) is 0 Å². The topological polar surface area (TPSA) is 49.8 Å². The maximum Gasteiger partial charge on any atom is 0.226 e. The van der Waals surface area contributed by atoms with Crippen molar-refractivity contribution in [1.82, 2.24) is 9.97 Å². The van der Waals surface area contributed by atoms with Gasteiger partial charge in [0.05, 0.1) is 5.39 Å². The Morgan fingerprint density at radius 2 is 2.05 bits per heavy atom. The number of hydrogen-bond donors (Lipinski definition) is 2. The van der Waals surface area contributed by atoms with Crippen molar-refractivity contribution in [2.24, 2.45) is 5.92 Å². The van der Waals surface area contributed by atoms with Gasteiger partial charge >= 0.3 is 0 Å². The fourth-order valence-electron chi connectivity index (χ4n) is 2.12. The first-order valence-electron chi connectivity index (χ1n) is 6.91. The zero-order valence-corrected chi connectivity index (χ0v) is 12.8. The monoisotopic (exact) mass is 278 g/mol. The highest BCUT2D eigenvalue weighted by atomic mass is 32.1. The average molecular weight is 278 g/mol. The minimum absolute atomic E-state index is 0.437. The largest absolute Gasteiger partial charge is 0.366 e. The molecule has 0 aliphatic heterocycles. The Labute approximate surface area is 118 Å². The van der Waals surface area contributed by atoms with Gasteiger partial charge in [0, 0.05) is 12.6 Å². The van der Waals surface area contributed by atoms with Crippen molar-refractivity contribution in [2.75, 3.05) is 17.2 Å². The predicted molar refractivity (Wildman–Crippen MR) is 84.1 cm³/mol. The van der Waals surface area contributed by atoms with E-state index in [0.29, 0.717) is 17.9 Å². The highest BCUT2D eigenvalue weighted by molar-refractivity contribution is 7.16. The summed E-state index contributed by atoms with van der Waals surface area (Å²) >= 11 is 1.65. The summed E-state index contributed by atoms with van der Waals surface area (Å²) in [7, 11) is 0. The minimum atomic E-state index is 0.437. The van der Waals surface area contributed by atoms with Gasteiger partial charge in [0.1, 0.15) is 10.6 Å². The Hall–Kier alpha value is -1.36. The highest BCUT2D eigenvalue weighted by Gasteiger charge is 2.15. The van der Waals surface area contributed by atoms with Crippen LogP contribution in [0.5, 0.6) is 0 Å². The van der Waals surface area contributed by atoms with Crippen LogP contribution in [0.1, 0.15) is 34.1 Å². The molecule has 0 aliphatic rings. The summed E-state index contributed by atoms with van der Waals surface area (Å²) in [6, 6.07) is 2.53. The molecular weight excluding hydrogens is 256 g/mol. The van der Waals surface area contributed by atoms with Crippen LogP contribution < -0.4 is 10.6 Å². The van der Waals surface area contributed by atoms with Crippen LogP contribution in [-0.2, 0) is 0 Å². The van der Waals surface area contributed by atoms with Crippen LogP contribution in [0.25, 0.3) is 10.2 Å². The molecule has 1 atom stereocenters. The van der Waals surface area contributed by atoms with Crippen molar-refractivity contribution in [1.29, 1.82) is 0 Å². The number of fused-ring (bicyclic) bond motifs is 1. The van der Waals surface area contributed by atoms with Crippen LogP contribution in [0.4, 0.5) is 11.8 Å². The molecular formula is C14H22N4S.